The van der Waals surface area contributed by atoms with Crippen LogP contribution in [-0.4, -0.2) is 26.8 Å². The number of sulfonamides is 1. The number of hydrogen-bond donors (Lipinski definition) is 2. The second-order valence-corrected chi connectivity index (χ2v) is 10.9. The van der Waals surface area contributed by atoms with E-state index in [2.05, 4.69) is 10.6 Å². The SMILES string of the molecule is CCc1ccccc1N(CC(=O)Nc1ccccc1C(=O)N[C@H](C)c1ccccc1)S(=O)(=O)c1ccccc1. The molecule has 0 aliphatic heterocycles. The third kappa shape index (κ3) is 6.53. The molecule has 0 unspecified atom stereocenters. The normalized spacial score (nSPS) is 11.8. The average Bonchev–Trinajstić information content (AvgIpc) is 2.97. The number of nitrogens with zero attached hydrogens (tertiary/aromatic N) is 1. The van der Waals surface area contributed by atoms with Crippen LogP contribution in [0, 0.1) is 0 Å². The summed E-state index contributed by atoms with van der Waals surface area (Å²) < 4.78 is 28.5. The zero-order chi connectivity index (χ0) is 27.8. The third-order valence-corrected chi connectivity index (χ3v) is 8.13. The molecule has 0 aromatic heterocycles. The molecular weight excluding hydrogens is 510 g/mol. The van der Waals surface area contributed by atoms with Gasteiger partial charge in [0.15, 0.2) is 0 Å². The number of hydrogen-bond acceptors (Lipinski definition) is 4. The Labute approximate surface area is 229 Å². The quantitative estimate of drug-likeness (QED) is 0.274. The molecule has 2 amide bonds. The summed E-state index contributed by atoms with van der Waals surface area (Å²) in [7, 11) is -4.05. The number of rotatable bonds is 10. The topological polar surface area (TPSA) is 95.6 Å². The van der Waals surface area contributed by atoms with E-state index in [9.17, 15) is 18.0 Å². The van der Waals surface area contributed by atoms with Crippen molar-refractivity contribution in [3.63, 3.8) is 0 Å². The van der Waals surface area contributed by atoms with Crippen LogP contribution in [0.2, 0.25) is 0 Å². The maximum Gasteiger partial charge on any atom is 0.264 e. The van der Waals surface area contributed by atoms with E-state index in [1.807, 2.05) is 56.3 Å². The molecule has 1 atom stereocenters. The second-order valence-electron chi connectivity index (χ2n) is 9.01. The molecule has 2 N–H and O–H groups in total. The molecule has 8 heteroatoms. The van der Waals surface area contributed by atoms with Crippen LogP contribution in [0.25, 0.3) is 0 Å². The van der Waals surface area contributed by atoms with Crippen LogP contribution in [0.5, 0.6) is 0 Å². The van der Waals surface area contributed by atoms with Crippen molar-refractivity contribution in [1.82, 2.24) is 5.32 Å². The van der Waals surface area contributed by atoms with E-state index in [-0.39, 0.29) is 22.4 Å². The molecule has 0 spiro atoms. The van der Waals surface area contributed by atoms with Gasteiger partial charge in [0.25, 0.3) is 15.9 Å². The van der Waals surface area contributed by atoms with E-state index in [1.165, 1.54) is 12.1 Å². The highest BCUT2D eigenvalue weighted by Gasteiger charge is 2.29. The maximum absolute atomic E-state index is 13.7. The zero-order valence-electron chi connectivity index (χ0n) is 21.9. The van der Waals surface area contributed by atoms with Gasteiger partial charge in [0.1, 0.15) is 6.54 Å². The minimum absolute atomic E-state index is 0.0818. The molecule has 0 aliphatic rings. The lowest BCUT2D eigenvalue weighted by Crippen LogP contribution is -2.39. The van der Waals surface area contributed by atoms with Crippen LogP contribution in [0.1, 0.15) is 41.4 Å². The molecule has 0 bridgehead atoms. The first-order valence-electron chi connectivity index (χ1n) is 12.7. The lowest BCUT2D eigenvalue weighted by atomic mass is 10.1. The Balaban J connectivity index is 1.60. The summed E-state index contributed by atoms with van der Waals surface area (Å²) in [5, 5.41) is 5.72. The predicted octanol–water partition coefficient (Wildman–Crippen LogP) is 5.57. The number of benzene rings is 4. The van der Waals surface area contributed by atoms with Crippen molar-refractivity contribution in [2.75, 3.05) is 16.2 Å². The van der Waals surface area contributed by atoms with Crippen LogP contribution >= 0.6 is 0 Å². The third-order valence-electron chi connectivity index (χ3n) is 6.35. The Hall–Kier alpha value is -4.43. The standard InChI is InChI=1S/C31H31N3O4S/c1-3-24-14-10-13-21-29(24)34(39(37,38)26-17-8-5-9-18-26)22-30(35)33-28-20-12-11-19-27(28)31(36)32-23(2)25-15-6-4-7-16-25/h4-21,23H,3,22H2,1-2H3,(H,32,36)(H,33,35)/t23-/m1/s1. The molecule has 7 nitrogen and oxygen atoms in total. The van der Waals surface area contributed by atoms with Gasteiger partial charge < -0.3 is 10.6 Å². The number of aryl methyl sites for hydroxylation is 1. The van der Waals surface area contributed by atoms with Crippen molar-refractivity contribution in [2.45, 2.75) is 31.2 Å². The summed E-state index contributed by atoms with van der Waals surface area (Å²) in [6, 6.07) is 31.1. The highest BCUT2D eigenvalue weighted by molar-refractivity contribution is 7.92. The minimum atomic E-state index is -4.05. The van der Waals surface area contributed by atoms with Gasteiger partial charge in [-0.2, -0.15) is 0 Å². The molecule has 4 rings (SSSR count). The molecule has 0 fully saturated rings. The largest absolute Gasteiger partial charge is 0.345 e. The van der Waals surface area contributed by atoms with E-state index < -0.39 is 22.5 Å². The number of nitrogens with one attached hydrogen (secondary N) is 2. The first-order valence-corrected chi connectivity index (χ1v) is 14.2. The van der Waals surface area contributed by atoms with Crippen molar-refractivity contribution in [3.8, 4) is 0 Å². The summed E-state index contributed by atoms with van der Waals surface area (Å²) in [5.74, 6) is -0.927. The van der Waals surface area contributed by atoms with Crippen LogP contribution in [0.3, 0.4) is 0 Å². The summed E-state index contributed by atoms with van der Waals surface area (Å²) in [6.45, 7) is 3.34. The molecule has 39 heavy (non-hydrogen) atoms. The molecule has 0 aliphatic carbocycles. The van der Waals surface area contributed by atoms with Crippen molar-refractivity contribution >= 4 is 33.2 Å². The van der Waals surface area contributed by atoms with E-state index >= 15 is 0 Å². The fourth-order valence-electron chi connectivity index (χ4n) is 4.28. The van der Waals surface area contributed by atoms with Gasteiger partial charge in [-0.1, -0.05) is 85.8 Å². The van der Waals surface area contributed by atoms with Crippen LogP contribution in [0.4, 0.5) is 11.4 Å². The summed E-state index contributed by atoms with van der Waals surface area (Å²) in [5.41, 5.74) is 2.74. The van der Waals surface area contributed by atoms with Crippen LogP contribution in [-0.2, 0) is 21.2 Å². The fourth-order valence-corrected chi connectivity index (χ4v) is 5.76. The van der Waals surface area contributed by atoms with Gasteiger partial charge in [-0.25, -0.2) is 8.42 Å². The smallest absolute Gasteiger partial charge is 0.264 e. The van der Waals surface area contributed by atoms with Gasteiger partial charge in [0.2, 0.25) is 5.91 Å². The highest BCUT2D eigenvalue weighted by Crippen LogP contribution is 2.28. The molecule has 4 aromatic rings. The monoisotopic (exact) mass is 541 g/mol. The number of anilines is 2. The fraction of sp³-hybridized carbons (Fsp3) is 0.161. The number of carbonyl (C=O) groups excluding carboxylic acids is 2. The summed E-state index contributed by atoms with van der Waals surface area (Å²) in [6.07, 6.45) is 0.585. The van der Waals surface area contributed by atoms with Crippen molar-refractivity contribution in [1.29, 1.82) is 0 Å². The van der Waals surface area contributed by atoms with Crippen molar-refractivity contribution in [3.05, 3.63) is 126 Å². The average molecular weight is 542 g/mol. The van der Waals surface area contributed by atoms with Gasteiger partial charge >= 0.3 is 0 Å². The Morgan fingerprint density at radius 2 is 1.38 bits per heavy atom. The lowest BCUT2D eigenvalue weighted by molar-refractivity contribution is -0.114. The number of para-hydroxylation sites is 2. The first-order chi connectivity index (χ1) is 18.8. The molecule has 0 saturated heterocycles. The minimum Gasteiger partial charge on any atom is -0.345 e. The predicted molar refractivity (Wildman–Crippen MR) is 154 cm³/mol. The van der Waals surface area contributed by atoms with Crippen molar-refractivity contribution in [2.24, 2.45) is 0 Å². The Morgan fingerprint density at radius 1 is 0.795 bits per heavy atom. The van der Waals surface area contributed by atoms with Gasteiger partial charge in [0, 0.05) is 0 Å². The van der Waals surface area contributed by atoms with E-state index in [0.717, 1.165) is 15.4 Å². The second kappa shape index (κ2) is 12.4. The van der Waals surface area contributed by atoms with Crippen molar-refractivity contribution < 1.29 is 18.0 Å². The van der Waals surface area contributed by atoms with Gasteiger partial charge in [0.05, 0.1) is 27.9 Å². The summed E-state index contributed by atoms with van der Waals surface area (Å²) in [4.78, 5) is 26.6. The molecule has 0 heterocycles. The molecule has 4 aromatic carbocycles. The Morgan fingerprint density at radius 3 is 2.08 bits per heavy atom. The lowest BCUT2D eigenvalue weighted by Gasteiger charge is -2.26. The van der Waals surface area contributed by atoms with Gasteiger partial charge in [-0.15, -0.1) is 0 Å². The maximum atomic E-state index is 13.7. The molecular formula is C31H31N3O4S. The van der Waals surface area contributed by atoms with Gasteiger partial charge in [-0.05, 0) is 54.8 Å². The number of amides is 2. The Bertz CT molecular complexity index is 1540. The Kier molecular flexibility index (Phi) is 8.78. The molecule has 200 valence electrons. The highest BCUT2D eigenvalue weighted by atomic mass is 32.2. The van der Waals surface area contributed by atoms with E-state index in [4.69, 9.17) is 0 Å². The zero-order valence-corrected chi connectivity index (χ0v) is 22.7. The van der Waals surface area contributed by atoms with Gasteiger partial charge in [-0.3, -0.25) is 13.9 Å². The molecule has 0 saturated carbocycles. The molecule has 0 radical (unpaired) electrons. The van der Waals surface area contributed by atoms with Crippen LogP contribution < -0.4 is 14.9 Å². The van der Waals surface area contributed by atoms with E-state index in [0.29, 0.717) is 17.8 Å². The number of carbonyl (C=O) groups is 2. The van der Waals surface area contributed by atoms with E-state index in [1.54, 1.807) is 54.6 Å². The first kappa shape index (κ1) is 27.6. The van der Waals surface area contributed by atoms with Crippen LogP contribution in [0.15, 0.2) is 114 Å². The summed E-state index contributed by atoms with van der Waals surface area (Å²) >= 11 is 0.